The molecule has 0 bridgehead atoms. The Hall–Kier alpha value is -1.83. The van der Waals surface area contributed by atoms with Gasteiger partial charge in [0.25, 0.3) is 5.91 Å². The summed E-state index contributed by atoms with van der Waals surface area (Å²) in [4.78, 5) is 31.8. The summed E-state index contributed by atoms with van der Waals surface area (Å²) in [6.45, 7) is 6.75. The molecule has 32 heavy (non-hydrogen) atoms. The van der Waals surface area contributed by atoms with Crippen LogP contribution in [0.3, 0.4) is 0 Å². The Labute approximate surface area is 195 Å². The summed E-state index contributed by atoms with van der Waals surface area (Å²) in [6.07, 6.45) is 5.67. The molecule has 7 nitrogen and oxygen atoms in total. The van der Waals surface area contributed by atoms with Crippen molar-refractivity contribution in [1.29, 1.82) is 0 Å². The fraction of sp³-hybridized carbons (Fsp3) is 0.667. The van der Waals surface area contributed by atoms with E-state index in [1.165, 1.54) is 12.8 Å². The molecule has 1 aromatic rings. The van der Waals surface area contributed by atoms with Crippen molar-refractivity contribution in [2.75, 3.05) is 57.7 Å². The lowest BCUT2D eigenvalue weighted by Crippen LogP contribution is -2.60. The van der Waals surface area contributed by atoms with Gasteiger partial charge < -0.3 is 20.4 Å². The molecule has 5 rings (SSSR count). The maximum atomic E-state index is 13.0. The Bertz CT molecular complexity index is 841. The lowest BCUT2D eigenvalue weighted by Gasteiger charge is -2.46. The van der Waals surface area contributed by atoms with Crippen molar-refractivity contribution in [2.45, 2.75) is 44.2 Å². The third-order valence-electron chi connectivity index (χ3n) is 7.64. The van der Waals surface area contributed by atoms with Gasteiger partial charge in [0.2, 0.25) is 5.91 Å². The van der Waals surface area contributed by atoms with Gasteiger partial charge in [-0.15, -0.1) is 0 Å². The van der Waals surface area contributed by atoms with E-state index in [9.17, 15) is 9.59 Å². The second-order valence-electron chi connectivity index (χ2n) is 9.72. The molecule has 2 N–H and O–H groups in total. The molecular formula is C24H34ClN5O2. The number of rotatable bonds is 5. The Morgan fingerprint density at radius 3 is 2.28 bits per heavy atom. The predicted molar refractivity (Wildman–Crippen MR) is 126 cm³/mol. The van der Waals surface area contributed by atoms with Gasteiger partial charge in [0, 0.05) is 56.9 Å². The molecule has 1 aromatic carbocycles. The molecule has 1 saturated carbocycles. The van der Waals surface area contributed by atoms with Crippen LogP contribution in [0.5, 0.6) is 0 Å². The number of hydrogen-bond donors (Lipinski definition) is 2. The Morgan fingerprint density at radius 2 is 1.66 bits per heavy atom. The molecule has 3 aliphatic heterocycles. The molecule has 8 heteroatoms. The van der Waals surface area contributed by atoms with E-state index in [4.69, 9.17) is 11.6 Å². The van der Waals surface area contributed by atoms with E-state index >= 15 is 0 Å². The van der Waals surface area contributed by atoms with Gasteiger partial charge >= 0.3 is 0 Å². The number of nitrogens with zero attached hydrogens (tertiary/aromatic N) is 3. The quantitative estimate of drug-likeness (QED) is 0.707. The molecule has 2 amide bonds. The number of hydrogen-bond acceptors (Lipinski definition) is 5. The van der Waals surface area contributed by atoms with Crippen molar-refractivity contribution >= 4 is 29.1 Å². The average Bonchev–Trinajstić information content (AvgIpc) is 2.75. The molecule has 174 valence electrons. The number of nitrogens with one attached hydrogen (secondary N) is 2. The fourth-order valence-corrected chi connectivity index (χ4v) is 5.56. The SMILES string of the molecule is O=C(c1ccc(NC2CN(C3CCNCC3)C2)cc1Cl)N1CCN(C(=O)C2CCC2)CC1. The molecule has 0 spiro atoms. The predicted octanol–water partition coefficient (Wildman–Crippen LogP) is 2.27. The second-order valence-corrected chi connectivity index (χ2v) is 10.1. The summed E-state index contributed by atoms with van der Waals surface area (Å²) in [6, 6.07) is 6.81. The molecule has 0 aromatic heterocycles. The van der Waals surface area contributed by atoms with Gasteiger partial charge in [-0.25, -0.2) is 0 Å². The van der Waals surface area contributed by atoms with Gasteiger partial charge in [0.15, 0.2) is 0 Å². The molecule has 0 radical (unpaired) electrons. The highest BCUT2D eigenvalue weighted by molar-refractivity contribution is 6.34. The molecule has 3 saturated heterocycles. The highest BCUT2D eigenvalue weighted by atomic mass is 35.5. The van der Waals surface area contributed by atoms with Gasteiger partial charge in [0.1, 0.15) is 0 Å². The number of benzene rings is 1. The van der Waals surface area contributed by atoms with Gasteiger partial charge in [-0.2, -0.15) is 0 Å². The normalized spacial score (nSPS) is 23.5. The van der Waals surface area contributed by atoms with E-state index < -0.39 is 0 Å². The van der Waals surface area contributed by atoms with Crippen LogP contribution in [0.25, 0.3) is 0 Å². The fourth-order valence-electron chi connectivity index (χ4n) is 5.30. The Morgan fingerprint density at radius 1 is 0.969 bits per heavy atom. The smallest absolute Gasteiger partial charge is 0.255 e. The monoisotopic (exact) mass is 459 g/mol. The molecule has 1 aliphatic carbocycles. The minimum Gasteiger partial charge on any atom is -0.380 e. The summed E-state index contributed by atoms with van der Waals surface area (Å²) >= 11 is 6.52. The van der Waals surface area contributed by atoms with Gasteiger partial charge in [-0.3, -0.25) is 14.5 Å². The number of anilines is 1. The summed E-state index contributed by atoms with van der Waals surface area (Å²) in [5, 5.41) is 7.48. The van der Waals surface area contributed by atoms with Gasteiger partial charge in [0.05, 0.1) is 16.6 Å². The van der Waals surface area contributed by atoms with Gasteiger partial charge in [-0.05, 0) is 57.0 Å². The molecule has 4 fully saturated rings. The number of amides is 2. The minimum absolute atomic E-state index is 0.0435. The van der Waals surface area contributed by atoms with E-state index in [1.54, 1.807) is 0 Å². The molecule has 0 unspecified atom stereocenters. The van der Waals surface area contributed by atoms with Crippen LogP contribution in [0.1, 0.15) is 42.5 Å². The van der Waals surface area contributed by atoms with E-state index in [-0.39, 0.29) is 17.7 Å². The van der Waals surface area contributed by atoms with Crippen LogP contribution >= 0.6 is 11.6 Å². The number of likely N-dealkylation sites (tertiary alicyclic amines) is 1. The van der Waals surface area contributed by atoms with E-state index in [0.29, 0.717) is 48.8 Å². The van der Waals surface area contributed by atoms with Crippen LogP contribution < -0.4 is 10.6 Å². The van der Waals surface area contributed by atoms with Crippen molar-refractivity contribution in [3.05, 3.63) is 28.8 Å². The van der Waals surface area contributed by atoms with Gasteiger partial charge in [-0.1, -0.05) is 18.0 Å². The second kappa shape index (κ2) is 9.57. The number of piperazine rings is 1. The van der Waals surface area contributed by atoms with Crippen molar-refractivity contribution in [3.63, 3.8) is 0 Å². The Kier molecular flexibility index (Phi) is 6.58. The highest BCUT2D eigenvalue weighted by Crippen LogP contribution is 2.29. The third-order valence-corrected chi connectivity index (χ3v) is 7.95. The molecule has 4 aliphatic rings. The van der Waals surface area contributed by atoms with Crippen LogP contribution in [0, 0.1) is 5.92 Å². The van der Waals surface area contributed by atoms with Crippen LogP contribution in [-0.2, 0) is 4.79 Å². The number of halogens is 1. The zero-order valence-corrected chi connectivity index (χ0v) is 19.4. The zero-order valence-electron chi connectivity index (χ0n) is 18.7. The van der Waals surface area contributed by atoms with Crippen LogP contribution in [-0.4, -0.2) is 91.0 Å². The van der Waals surface area contributed by atoms with Crippen molar-refractivity contribution in [3.8, 4) is 0 Å². The first-order chi connectivity index (χ1) is 15.6. The summed E-state index contributed by atoms with van der Waals surface area (Å²) in [5.74, 6) is 0.443. The van der Waals surface area contributed by atoms with Crippen LogP contribution in [0.15, 0.2) is 18.2 Å². The summed E-state index contributed by atoms with van der Waals surface area (Å²) in [5.41, 5.74) is 1.51. The first kappa shape index (κ1) is 22.0. The van der Waals surface area contributed by atoms with Crippen LogP contribution in [0.4, 0.5) is 5.69 Å². The van der Waals surface area contributed by atoms with Crippen molar-refractivity contribution in [2.24, 2.45) is 5.92 Å². The largest absolute Gasteiger partial charge is 0.380 e. The van der Waals surface area contributed by atoms with Crippen molar-refractivity contribution in [1.82, 2.24) is 20.0 Å². The number of carbonyl (C=O) groups is 2. The number of piperidine rings is 1. The lowest BCUT2D eigenvalue weighted by molar-refractivity contribution is -0.139. The van der Waals surface area contributed by atoms with Crippen LogP contribution in [0.2, 0.25) is 5.02 Å². The molecule has 3 heterocycles. The first-order valence-electron chi connectivity index (χ1n) is 12.2. The maximum absolute atomic E-state index is 13.0. The average molecular weight is 460 g/mol. The molecular weight excluding hydrogens is 426 g/mol. The summed E-state index contributed by atoms with van der Waals surface area (Å²) in [7, 11) is 0. The lowest BCUT2D eigenvalue weighted by atomic mass is 9.84. The van der Waals surface area contributed by atoms with E-state index in [1.807, 2.05) is 28.0 Å². The van der Waals surface area contributed by atoms with E-state index in [2.05, 4.69) is 15.5 Å². The standard InChI is InChI=1S/C24H34ClN5O2/c25-22-14-18(27-19-15-30(16-19)20-6-8-26-9-7-20)4-5-21(22)24(32)29-12-10-28(11-13-29)23(31)17-2-1-3-17/h4-5,14,17,19-20,26-27H,1-3,6-13,15-16H2. The summed E-state index contributed by atoms with van der Waals surface area (Å²) < 4.78 is 0. The third kappa shape index (κ3) is 4.61. The van der Waals surface area contributed by atoms with E-state index in [0.717, 1.165) is 51.1 Å². The topological polar surface area (TPSA) is 67.9 Å². The maximum Gasteiger partial charge on any atom is 0.255 e. The highest BCUT2D eigenvalue weighted by Gasteiger charge is 2.34. The first-order valence-corrected chi connectivity index (χ1v) is 12.5. The van der Waals surface area contributed by atoms with Crippen molar-refractivity contribution < 1.29 is 9.59 Å². The minimum atomic E-state index is -0.0435. The number of carbonyl (C=O) groups excluding carboxylic acids is 2. The zero-order chi connectivity index (χ0) is 22.1. The Balaban J connectivity index is 1.11. The molecule has 0 atom stereocenters.